The van der Waals surface area contributed by atoms with Gasteiger partial charge in [0, 0.05) is 9.50 Å². The molecule has 160 valence electrons. The van der Waals surface area contributed by atoms with Crippen molar-refractivity contribution in [1.29, 1.82) is 0 Å². The van der Waals surface area contributed by atoms with Gasteiger partial charge in [0.05, 0.1) is 5.56 Å². The van der Waals surface area contributed by atoms with Crippen LogP contribution in [0, 0.1) is 0 Å². The minimum Gasteiger partial charge on any atom is -0.482 e. The topological polar surface area (TPSA) is 93.1 Å². The minimum absolute atomic E-state index is 0.263. The Hall–Kier alpha value is -2.87. The second-order valence-corrected chi connectivity index (χ2v) is 7.94. The molecule has 0 aliphatic carbocycles. The van der Waals surface area contributed by atoms with E-state index in [2.05, 4.69) is 15.9 Å². The third kappa shape index (κ3) is 6.30. The maximum Gasteiger partial charge on any atom is 0.341 e. The molecule has 0 fully saturated rings. The van der Waals surface area contributed by atoms with Crippen molar-refractivity contribution in [2.75, 3.05) is 6.61 Å². The van der Waals surface area contributed by atoms with Gasteiger partial charge in [-0.3, -0.25) is 0 Å². The van der Waals surface area contributed by atoms with Crippen molar-refractivity contribution in [1.82, 2.24) is 0 Å². The molecule has 8 heteroatoms. The fourth-order valence-electron chi connectivity index (χ4n) is 2.85. The van der Waals surface area contributed by atoms with E-state index in [1.165, 1.54) is 6.07 Å². The molecule has 0 amide bonds. The largest absolute Gasteiger partial charge is 0.482 e. The summed E-state index contributed by atoms with van der Waals surface area (Å²) >= 11 is 9.33. The Morgan fingerprint density at radius 2 is 1.61 bits per heavy atom. The van der Waals surface area contributed by atoms with E-state index in [1.807, 2.05) is 0 Å². The van der Waals surface area contributed by atoms with Gasteiger partial charge in [0.25, 0.3) is 0 Å². The molecule has 0 saturated heterocycles. The number of carbonyl (C=O) groups excluding carboxylic acids is 1. The van der Waals surface area contributed by atoms with Crippen LogP contribution in [0.5, 0.6) is 5.75 Å². The van der Waals surface area contributed by atoms with E-state index < -0.39 is 30.8 Å². The molecule has 0 radical (unpaired) electrons. The van der Waals surface area contributed by atoms with Crippen LogP contribution in [0.3, 0.4) is 0 Å². The SMILES string of the molecule is O=C(O)COc1ccc(C(O)C(OC(=O)c2cccc(Cl)c2)c2ccc(Br)cc2)cc1. The smallest absolute Gasteiger partial charge is 0.341 e. The lowest BCUT2D eigenvalue weighted by atomic mass is 9.98. The summed E-state index contributed by atoms with van der Waals surface area (Å²) in [5.41, 5.74) is 1.32. The number of aliphatic hydroxyl groups is 1. The van der Waals surface area contributed by atoms with Crippen molar-refractivity contribution in [2.24, 2.45) is 0 Å². The van der Waals surface area contributed by atoms with E-state index in [-0.39, 0.29) is 5.56 Å². The number of aliphatic hydroxyl groups excluding tert-OH is 1. The lowest BCUT2D eigenvalue weighted by molar-refractivity contribution is -0.139. The normalized spacial score (nSPS) is 12.6. The zero-order chi connectivity index (χ0) is 22.4. The second kappa shape index (κ2) is 10.4. The molecule has 0 aromatic heterocycles. The minimum atomic E-state index is -1.18. The highest BCUT2D eigenvalue weighted by atomic mass is 79.9. The number of ether oxygens (including phenoxy) is 2. The van der Waals surface area contributed by atoms with Crippen molar-refractivity contribution < 1.29 is 29.3 Å². The number of benzene rings is 3. The first-order valence-corrected chi connectivity index (χ1v) is 10.3. The first-order chi connectivity index (χ1) is 14.8. The van der Waals surface area contributed by atoms with E-state index >= 15 is 0 Å². The molecule has 3 aromatic carbocycles. The van der Waals surface area contributed by atoms with Gasteiger partial charge in [-0.15, -0.1) is 0 Å². The van der Waals surface area contributed by atoms with Crippen LogP contribution < -0.4 is 4.74 Å². The maximum absolute atomic E-state index is 12.7. The lowest BCUT2D eigenvalue weighted by Gasteiger charge is -2.24. The molecule has 0 bridgehead atoms. The fraction of sp³-hybridized carbons (Fsp3) is 0.130. The summed E-state index contributed by atoms with van der Waals surface area (Å²) in [5, 5.41) is 20.1. The van der Waals surface area contributed by atoms with Crippen LogP contribution in [-0.4, -0.2) is 28.8 Å². The molecular weight excluding hydrogens is 488 g/mol. The number of esters is 1. The first kappa shape index (κ1) is 22.8. The van der Waals surface area contributed by atoms with Crippen molar-refractivity contribution in [3.63, 3.8) is 0 Å². The van der Waals surface area contributed by atoms with Gasteiger partial charge in [-0.1, -0.05) is 57.9 Å². The van der Waals surface area contributed by atoms with Crippen LogP contribution in [0.15, 0.2) is 77.3 Å². The predicted octanol–water partition coefficient (Wildman–Crippen LogP) is 5.20. The Morgan fingerprint density at radius 3 is 2.23 bits per heavy atom. The summed E-state index contributed by atoms with van der Waals surface area (Å²) in [6.07, 6.45) is -2.18. The maximum atomic E-state index is 12.7. The molecule has 2 unspecified atom stereocenters. The van der Waals surface area contributed by atoms with Gasteiger partial charge in [0.15, 0.2) is 12.7 Å². The highest BCUT2D eigenvalue weighted by molar-refractivity contribution is 9.10. The summed E-state index contributed by atoms with van der Waals surface area (Å²) in [7, 11) is 0. The summed E-state index contributed by atoms with van der Waals surface area (Å²) in [4.78, 5) is 23.3. The van der Waals surface area contributed by atoms with Crippen molar-refractivity contribution in [3.05, 3.63) is 99.0 Å². The summed E-state index contributed by atoms with van der Waals surface area (Å²) in [6.45, 7) is -0.472. The number of halogens is 2. The quantitative estimate of drug-likeness (QED) is 0.409. The van der Waals surface area contributed by atoms with Gasteiger partial charge in [0.1, 0.15) is 11.9 Å². The van der Waals surface area contributed by atoms with E-state index in [0.717, 1.165) is 4.47 Å². The Morgan fingerprint density at radius 1 is 0.968 bits per heavy atom. The number of carboxylic acid groups (broad SMARTS) is 1. The highest BCUT2D eigenvalue weighted by Gasteiger charge is 2.27. The summed E-state index contributed by atoms with van der Waals surface area (Å²) < 4.78 is 11.6. The molecule has 2 N–H and O–H groups in total. The highest BCUT2D eigenvalue weighted by Crippen LogP contribution is 2.34. The number of carbonyl (C=O) groups is 2. The number of carboxylic acids is 1. The average molecular weight is 506 g/mol. The van der Waals surface area contributed by atoms with Gasteiger partial charge in [-0.2, -0.15) is 0 Å². The molecule has 6 nitrogen and oxygen atoms in total. The number of aliphatic carboxylic acids is 1. The standard InChI is InChI=1S/C23H18BrClO6/c24-17-8-4-15(5-9-17)22(31-23(29)16-2-1-3-18(25)12-16)21(28)14-6-10-19(11-7-14)30-13-20(26)27/h1-12,21-22,28H,13H2,(H,26,27). The third-order valence-electron chi connectivity index (χ3n) is 4.36. The van der Waals surface area contributed by atoms with Crippen LogP contribution in [0.4, 0.5) is 0 Å². The Labute approximate surface area is 192 Å². The third-order valence-corrected chi connectivity index (χ3v) is 5.13. The van der Waals surface area contributed by atoms with Crippen molar-refractivity contribution in [2.45, 2.75) is 12.2 Å². The zero-order valence-corrected chi connectivity index (χ0v) is 18.4. The Kier molecular flexibility index (Phi) is 7.68. The van der Waals surface area contributed by atoms with E-state index in [9.17, 15) is 14.7 Å². The summed E-state index contributed by atoms with van der Waals surface area (Å²) in [5.74, 6) is -1.38. The molecule has 2 atom stereocenters. The zero-order valence-electron chi connectivity index (χ0n) is 16.1. The van der Waals surface area contributed by atoms with E-state index in [1.54, 1.807) is 66.7 Å². The monoisotopic (exact) mass is 504 g/mol. The van der Waals surface area contributed by atoms with Crippen LogP contribution in [0.2, 0.25) is 5.02 Å². The Bertz CT molecular complexity index is 1050. The second-order valence-electron chi connectivity index (χ2n) is 6.58. The van der Waals surface area contributed by atoms with Crippen molar-refractivity contribution in [3.8, 4) is 5.75 Å². The van der Waals surface area contributed by atoms with Gasteiger partial charge < -0.3 is 19.7 Å². The molecule has 3 aromatic rings. The molecule has 0 aliphatic heterocycles. The molecule has 0 spiro atoms. The molecule has 3 rings (SSSR count). The van der Waals surface area contributed by atoms with Crippen molar-refractivity contribution >= 4 is 39.5 Å². The van der Waals surface area contributed by atoms with Crippen LogP contribution in [0.1, 0.15) is 33.7 Å². The Balaban J connectivity index is 1.85. The molecule has 0 aliphatic rings. The predicted molar refractivity (Wildman–Crippen MR) is 118 cm³/mol. The fourth-order valence-corrected chi connectivity index (χ4v) is 3.30. The summed E-state index contributed by atoms with van der Waals surface area (Å²) in [6, 6.07) is 19.7. The van der Waals surface area contributed by atoms with Crippen LogP contribution >= 0.6 is 27.5 Å². The average Bonchev–Trinajstić information content (AvgIpc) is 2.76. The van der Waals surface area contributed by atoms with Gasteiger partial charge in [-0.05, 0) is 53.6 Å². The van der Waals surface area contributed by atoms with Gasteiger partial charge in [0.2, 0.25) is 0 Å². The number of rotatable bonds is 8. The number of hydrogen-bond donors (Lipinski definition) is 2. The molecule has 0 heterocycles. The lowest BCUT2D eigenvalue weighted by Crippen LogP contribution is -2.19. The molecule has 0 saturated carbocycles. The number of hydrogen-bond acceptors (Lipinski definition) is 5. The first-order valence-electron chi connectivity index (χ1n) is 9.18. The van der Waals surface area contributed by atoms with E-state index in [0.29, 0.717) is 21.9 Å². The van der Waals surface area contributed by atoms with Crippen LogP contribution in [0.25, 0.3) is 0 Å². The van der Waals surface area contributed by atoms with Gasteiger partial charge in [-0.25, -0.2) is 9.59 Å². The van der Waals surface area contributed by atoms with Crippen LogP contribution in [-0.2, 0) is 9.53 Å². The molecular formula is C23H18BrClO6. The van der Waals surface area contributed by atoms with E-state index in [4.69, 9.17) is 26.2 Å². The van der Waals surface area contributed by atoms with Gasteiger partial charge >= 0.3 is 11.9 Å². The molecule has 31 heavy (non-hydrogen) atoms.